The molecule has 0 unspecified atom stereocenters. The first-order valence-electron chi connectivity index (χ1n) is 6.17. The quantitative estimate of drug-likeness (QED) is 0.654. The molecule has 2 aromatic rings. The zero-order valence-electron chi connectivity index (χ0n) is 10.9. The molecule has 1 aromatic carbocycles. The van der Waals surface area contributed by atoms with Gasteiger partial charge in [-0.1, -0.05) is 18.5 Å². The van der Waals surface area contributed by atoms with Crippen LogP contribution in [0.25, 0.3) is 0 Å². The summed E-state index contributed by atoms with van der Waals surface area (Å²) in [5.74, 6) is 1.39. The van der Waals surface area contributed by atoms with Crippen LogP contribution in [0.5, 0.6) is 0 Å². The van der Waals surface area contributed by atoms with Crippen molar-refractivity contribution < 1.29 is 9.34 Å². The van der Waals surface area contributed by atoms with Crippen LogP contribution in [-0.4, -0.2) is 9.91 Å². The molecule has 0 radical (unpaired) electrons. The Morgan fingerprint density at radius 3 is 2.90 bits per heavy atom. The highest BCUT2D eigenvalue weighted by molar-refractivity contribution is 6.30. The standard InChI is InChI=1S/C13H14ClN3O3/c1-2-11-7-16-13(20-11)8-15-6-9-3-4-10(14)5-12(9)17(18)19/h3-5,7,15H,2,6,8H2,1H3. The van der Waals surface area contributed by atoms with Crippen LogP contribution >= 0.6 is 11.6 Å². The van der Waals surface area contributed by atoms with Gasteiger partial charge in [-0.05, 0) is 12.1 Å². The third-order valence-corrected chi connectivity index (χ3v) is 3.02. The van der Waals surface area contributed by atoms with E-state index in [1.807, 2.05) is 6.92 Å². The summed E-state index contributed by atoms with van der Waals surface area (Å²) in [7, 11) is 0. The zero-order valence-corrected chi connectivity index (χ0v) is 11.7. The first-order valence-corrected chi connectivity index (χ1v) is 6.55. The monoisotopic (exact) mass is 295 g/mol. The van der Waals surface area contributed by atoms with Crippen molar-refractivity contribution in [2.24, 2.45) is 0 Å². The molecule has 0 saturated carbocycles. The van der Waals surface area contributed by atoms with Crippen LogP contribution in [0.3, 0.4) is 0 Å². The van der Waals surface area contributed by atoms with E-state index in [2.05, 4.69) is 10.3 Å². The fourth-order valence-electron chi connectivity index (χ4n) is 1.75. The molecule has 0 aliphatic rings. The van der Waals surface area contributed by atoms with Crippen molar-refractivity contribution in [1.82, 2.24) is 10.3 Å². The van der Waals surface area contributed by atoms with E-state index in [-0.39, 0.29) is 5.69 Å². The molecule has 0 bridgehead atoms. The summed E-state index contributed by atoms with van der Waals surface area (Å²) in [4.78, 5) is 14.6. The van der Waals surface area contributed by atoms with Crippen molar-refractivity contribution in [3.8, 4) is 0 Å². The molecule has 0 spiro atoms. The van der Waals surface area contributed by atoms with Crippen molar-refractivity contribution in [3.05, 3.63) is 56.7 Å². The van der Waals surface area contributed by atoms with Gasteiger partial charge in [0.25, 0.3) is 5.69 Å². The topological polar surface area (TPSA) is 81.2 Å². The minimum atomic E-state index is -0.441. The number of nitrogens with zero attached hydrogens (tertiary/aromatic N) is 2. The average molecular weight is 296 g/mol. The van der Waals surface area contributed by atoms with Crippen molar-refractivity contribution >= 4 is 17.3 Å². The molecular weight excluding hydrogens is 282 g/mol. The van der Waals surface area contributed by atoms with Gasteiger partial charge in [-0.15, -0.1) is 0 Å². The second kappa shape index (κ2) is 6.49. The molecule has 0 fully saturated rings. The Morgan fingerprint density at radius 2 is 2.25 bits per heavy atom. The highest BCUT2D eigenvalue weighted by atomic mass is 35.5. The van der Waals surface area contributed by atoms with E-state index in [9.17, 15) is 10.1 Å². The summed E-state index contributed by atoms with van der Waals surface area (Å²) in [5.41, 5.74) is 0.577. The molecule has 0 aliphatic heterocycles. The van der Waals surface area contributed by atoms with Gasteiger partial charge in [-0.2, -0.15) is 0 Å². The minimum absolute atomic E-state index is 0.00616. The van der Waals surface area contributed by atoms with Crippen molar-refractivity contribution in [2.45, 2.75) is 26.4 Å². The average Bonchev–Trinajstić information content (AvgIpc) is 2.88. The number of rotatable bonds is 6. The lowest BCUT2D eigenvalue weighted by Gasteiger charge is -2.04. The van der Waals surface area contributed by atoms with Crippen LogP contribution in [0.2, 0.25) is 5.02 Å². The van der Waals surface area contributed by atoms with Crippen LogP contribution in [0.1, 0.15) is 24.1 Å². The van der Waals surface area contributed by atoms with Gasteiger partial charge in [0.05, 0.1) is 17.7 Å². The van der Waals surface area contributed by atoms with Gasteiger partial charge < -0.3 is 9.73 Å². The van der Waals surface area contributed by atoms with Gasteiger partial charge in [-0.3, -0.25) is 10.1 Å². The largest absolute Gasteiger partial charge is 0.444 e. The van der Waals surface area contributed by atoms with Gasteiger partial charge in [0, 0.05) is 29.6 Å². The lowest BCUT2D eigenvalue weighted by atomic mass is 10.2. The number of nitro groups is 1. The van der Waals surface area contributed by atoms with Gasteiger partial charge in [0.15, 0.2) is 0 Å². The van der Waals surface area contributed by atoms with Crippen LogP contribution in [0, 0.1) is 10.1 Å². The lowest BCUT2D eigenvalue weighted by Crippen LogP contribution is -2.14. The number of benzene rings is 1. The molecular formula is C13H14ClN3O3. The van der Waals surface area contributed by atoms with E-state index >= 15 is 0 Å². The summed E-state index contributed by atoms with van der Waals surface area (Å²) < 4.78 is 5.44. The van der Waals surface area contributed by atoms with Crippen molar-refractivity contribution in [3.63, 3.8) is 0 Å². The van der Waals surface area contributed by atoms with E-state index in [0.717, 1.165) is 12.2 Å². The molecule has 0 amide bonds. The SMILES string of the molecule is CCc1cnc(CNCc2ccc(Cl)cc2[N+](=O)[O-])o1. The second-order valence-electron chi connectivity index (χ2n) is 4.21. The molecule has 0 atom stereocenters. The van der Waals surface area contributed by atoms with Crippen molar-refractivity contribution in [2.75, 3.05) is 0 Å². The second-order valence-corrected chi connectivity index (χ2v) is 4.64. The molecule has 0 saturated heterocycles. The Bertz CT molecular complexity index is 613. The number of nitrogens with one attached hydrogen (secondary N) is 1. The highest BCUT2D eigenvalue weighted by Crippen LogP contribution is 2.23. The van der Waals surface area contributed by atoms with Crippen LogP contribution < -0.4 is 5.32 Å². The van der Waals surface area contributed by atoms with Crippen LogP contribution in [0.4, 0.5) is 5.69 Å². The van der Waals surface area contributed by atoms with Crippen molar-refractivity contribution in [1.29, 1.82) is 0 Å². The fraction of sp³-hybridized carbons (Fsp3) is 0.308. The number of halogens is 1. The predicted molar refractivity (Wildman–Crippen MR) is 74.5 cm³/mol. The number of hydrogen-bond acceptors (Lipinski definition) is 5. The number of nitro benzene ring substituents is 1. The Morgan fingerprint density at radius 1 is 1.45 bits per heavy atom. The Labute approximate surface area is 120 Å². The van der Waals surface area contributed by atoms with Gasteiger partial charge in [-0.25, -0.2) is 4.98 Å². The predicted octanol–water partition coefficient (Wildman–Crippen LogP) is 3.09. The minimum Gasteiger partial charge on any atom is -0.444 e. The third kappa shape index (κ3) is 3.55. The van der Waals surface area contributed by atoms with E-state index in [4.69, 9.17) is 16.0 Å². The van der Waals surface area contributed by atoms with Gasteiger partial charge in [0.1, 0.15) is 5.76 Å². The highest BCUT2D eigenvalue weighted by Gasteiger charge is 2.14. The van der Waals surface area contributed by atoms with Gasteiger partial charge in [0.2, 0.25) is 5.89 Å². The van der Waals surface area contributed by atoms with E-state index < -0.39 is 4.92 Å². The molecule has 20 heavy (non-hydrogen) atoms. The van der Waals surface area contributed by atoms with Crippen LogP contribution in [0.15, 0.2) is 28.8 Å². The first kappa shape index (κ1) is 14.5. The molecule has 6 nitrogen and oxygen atoms in total. The summed E-state index contributed by atoms with van der Waals surface area (Å²) in [6.45, 7) is 2.74. The summed E-state index contributed by atoms with van der Waals surface area (Å²) in [6.07, 6.45) is 2.47. The Kier molecular flexibility index (Phi) is 4.70. The molecule has 7 heteroatoms. The summed E-state index contributed by atoms with van der Waals surface area (Å²) in [6, 6.07) is 4.62. The zero-order chi connectivity index (χ0) is 14.5. The normalized spacial score (nSPS) is 10.7. The first-order chi connectivity index (χ1) is 9.60. The molecule has 1 N–H and O–H groups in total. The molecule has 1 aromatic heterocycles. The molecule has 0 aliphatic carbocycles. The van der Waals surface area contributed by atoms with E-state index in [0.29, 0.717) is 29.6 Å². The Balaban J connectivity index is 1.98. The fourth-order valence-corrected chi connectivity index (χ4v) is 1.92. The Hall–Kier alpha value is -1.92. The maximum atomic E-state index is 10.9. The summed E-state index contributed by atoms with van der Waals surface area (Å²) in [5, 5.41) is 14.4. The smallest absolute Gasteiger partial charge is 0.275 e. The number of oxazole rings is 1. The van der Waals surface area contributed by atoms with Gasteiger partial charge >= 0.3 is 0 Å². The maximum absolute atomic E-state index is 10.9. The molecule has 2 rings (SSSR count). The number of hydrogen-bond donors (Lipinski definition) is 1. The van der Waals surface area contributed by atoms with Crippen LogP contribution in [-0.2, 0) is 19.5 Å². The number of aryl methyl sites for hydroxylation is 1. The van der Waals surface area contributed by atoms with E-state index in [1.165, 1.54) is 6.07 Å². The maximum Gasteiger partial charge on any atom is 0.275 e. The molecule has 1 heterocycles. The lowest BCUT2D eigenvalue weighted by molar-refractivity contribution is -0.385. The molecule has 106 valence electrons. The van der Waals surface area contributed by atoms with E-state index in [1.54, 1.807) is 18.3 Å². The summed E-state index contributed by atoms with van der Waals surface area (Å²) >= 11 is 5.76. The number of aromatic nitrogens is 1. The third-order valence-electron chi connectivity index (χ3n) is 2.79.